The van der Waals surface area contributed by atoms with Gasteiger partial charge in [0.2, 0.25) is 5.56 Å². The van der Waals surface area contributed by atoms with Crippen molar-refractivity contribution >= 4 is 5.91 Å². The Morgan fingerprint density at radius 2 is 2.16 bits per heavy atom. The van der Waals surface area contributed by atoms with Crippen LogP contribution in [0.1, 0.15) is 23.2 Å². The minimum atomic E-state index is -0.202. The number of likely N-dealkylation sites (tertiary alicyclic amines) is 1. The van der Waals surface area contributed by atoms with Gasteiger partial charge < -0.3 is 20.9 Å². The quantitative estimate of drug-likeness (QED) is 0.685. The van der Waals surface area contributed by atoms with Gasteiger partial charge in [0.15, 0.2) is 0 Å². The SMILES string of the molecule is NCCN1CCC(NC(=O)c2ccc(=O)[nH]c2)CC1. The fourth-order valence-electron chi connectivity index (χ4n) is 2.30. The van der Waals surface area contributed by atoms with Crippen LogP contribution in [0, 0.1) is 0 Å². The summed E-state index contributed by atoms with van der Waals surface area (Å²) in [6.07, 6.45) is 3.32. The summed E-state index contributed by atoms with van der Waals surface area (Å²) in [6, 6.07) is 3.10. The molecule has 0 saturated carbocycles. The van der Waals surface area contributed by atoms with Gasteiger partial charge in [-0.3, -0.25) is 9.59 Å². The molecule has 0 bridgehead atoms. The number of piperidine rings is 1. The molecule has 0 atom stereocenters. The lowest BCUT2D eigenvalue weighted by molar-refractivity contribution is 0.0911. The summed E-state index contributed by atoms with van der Waals surface area (Å²) in [7, 11) is 0. The number of rotatable bonds is 4. The van der Waals surface area contributed by atoms with Crippen LogP contribution in [-0.2, 0) is 0 Å². The number of carbonyl (C=O) groups is 1. The molecule has 1 saturated heterocycles. The van der Waals surface area contributed by atoms with Crippen molar-refractivity contribution in [2.24, 2.45) is 5.73 Å². The Morgan fingerprint density at radius 3 is 2.74 bits per heavy atom. The first kappa shape index (κ1) is 13.8. The number of nitrogens with zero attached hydrogens (tertiary/aromatic N) is 1. The van der Waals surface area contributed by atoms with E-state index in [4.69, 9.17) is 5.73 Å². The molecule has 1 fully saturated rings. The number of hydrogen-bond acceptors (Lipinski definition) is 4. The van der Waals surface area contributed by atoms with E-state index in [1.54, 1.807) is 0 Å². The average molecular weight is 264 g/mol. The number of aromatic amines is 1. The third kappa shape index (κ3) is 3.90. The summed E-state index contributed by atoms with van der Waals surface area (Å²) in [5, 5.41) is 3.00. The zero-order chi connectivity index (χ0) is 13.7. The second-order valence-corrected chi connectivity index (χ2v) is 4.82. The Balaban J connectivity index is 1.83. The standard InChI is InChI=1S/C13H20N4O2/c14-5-8-17-6-3-11(4-7-17)16-13(19)10-1-2-12(18)15-9-10/h1-2,9,11H,3-8,14H2,(H,15,18)(H,16,19). The van der Waals surface area contributed by atoms with Crippen molar-refractivity contribution in [2.75, 3.05) is 26.2 Å². The van der Waals surface area contributed by atoms with E-state index in [0.29, 0.717) is 12.1 Å². The summed E-state index contributed by atoms with van der Waals surface area (Å²) >= 11 is 0. The fourth-order valence-corrected chi connectivity index (χ4v) is 2.30. The number of aromatic nitrogens is 1. The molecule has 19 heavy (non-hydrogen) atoms. The molecule has 0 unspecified atom stereocenters. The predicted molar refractivity (Wildman–Crippen MR) is 73.0 cm³/mol. The smallest absolute Gasteiger partial charge is 0.252 e. The topological polar surface area (TPSA) is 91.2 Å². The van der Waals surface area contributed by atoms with Crippen molar-refractivity contribution in [3.8, 4) is 0 Å². The number of carbonyl (C=O) groups excluding carboxylic acids is 1. The third-order valence-corrected chi connectivity index (χ3v) is 3.41. The fraction of sp³-hybridized carbons (Fsp3) is 0.538. The van der Waals surface area contributed by atoms with Crippen molar-refractivity contribution in [2.45, 2.75) is 18.9 Å². The Bertz CT molecular complexity index is 457. The summed E-state index contributed by atoms with van der Waals surface area (Å²) in [4.78, 5) is 27.7. The maximum absolute atomic E-state index is 12.0. The van der Waals surface area contributed by atoms with Crippen LogP contribution in [0.2, 0.25) is 0 Å². The first-order valence-electron chi connectivity index (χ1n) is 6.61. The van der Waals surface area contributed by atoms with Crippen LogP contribution in [0.5, 0.6) is 0 Å². The minimum absolute atomic E-state index is 0.131. The molecular formula is C13H20N4O2. The zero-order valence-electron chi connectivity index (χ0n) is 10.9. The number of nitrogens with one attached hydrogen (secondary N) is 2. The molecule has 2 heterocycles. The van der Waals surface area contributed by atoms with Crippen LogP contribution in [0.3, 0.4) is 0 Å². The summed E-state index contributed by atoms with van der Waals surface area (Å²) in [5.74, 6) is -0.131. The molecular weight excluding hydrogens is 244 g/mol. The summed E-state index contributed by atoms with van der Waals surface area (Å²) < 4.78 is 0. The number of hydrogen-bond donors (Lipinski definition) is 3. The molecule has 6 nitrogen and oxygen atoms in total. The minimum Gasteiger partial charge on any atom is -0.349 e. The second kappa shape index (κ2) is 6.49. The highest BCUT2D eigenvalue weighted by molar-refractivity contribution is 5.93. The monoisotopic (exact) mass is 264 g/mol. The number of H-pyrrole nitrogens is 1. The number of nitrogens with two attached hydrogens (primary N) is 1. The Kier molecular flexibility index (Phi) is 4.70. The summed E-state index contributed by atoms with van der Waals surface area (Å²) in [5.41, 5.74) is 5.81. The van der Waals surface area contributed by atoms with Gasteiger partial charge in [-0.05, 0) is 18.9 Å². The molecule has 1 aromatic heterocycles. The molecule has 0 radical (unpaired) electrons. The average Bonchev–Trinajstić information content (AvgIpc) is 2.42. The lowest BCUT2D eigenvalue weighted by Crippen LogP contribution is -2.45. The van der Waals surface area contributed by atoms with E-state index < -0.39 is 0 Å². The van der Waals surface area contributed by atoms with E-state index in [0.717, 1.165) is 32.5 Å². The number of pyridine rings is 1. The molecule has 1 aliphatic heterocycles. The van der Waals surface area contributed by atoms with Gasteiger partial charge in [0, 0.05) is 44.5 Å². The van der Waals surface area contributed by atoms with E-state index >= 15 is 0 Å². The van der Waals surface area contributed by atoms with Crippen LogP contribution < -0.4 is 16.6 Å². The molecule has 4 N–H and O–H groups in total. The Morgan fingerprint density at radius 1 is 1.42 bits per heavy atom. The van der Waals surface area contributed by atoms with Crippen molar-refractivity contribution in [1.29, 1.82) is 0 Å². The highest BCUT2D eigenvalue weighted by Gasteiger charge is 2.20. The van der Waals surface area contributed by atoms with Crippen molar-refractivity contribution in [3.63, 3.8) is 0 Å². The van der Waals surface area contributed by atoms with Crippen LogP contribution in [0.15, 0.2) is 23.1 Å². The highest BCUT2D eigenvalue weighted by Crippen LogP contribution is 2.10. The third-order valence-electron chi connectivity index (χ3n) is 3.41. The summed E-state index contributed by atoms with van der Waals surface area (Å²) in [6.45, 7) is 3.52. The van der Waals surface area contributed by atoms with Gasteiger partial charge in [0.05, 0.1) is 5.56 Å². The van der Waals surface area contributed by atoms with Crippen molar-refractivity contribution < 1.29 is 4.79 Å². The molecule has 1 aromatic rings. The van der Waals surface area contributed by atoms with Crippen LogP contribution in [0.4, 0.5) is 0 Å². The number of amides is 1. The molecule has 0 aliphatic carbocycles. The maximum Gasteiger partial charge on any atom is 0.252 e. The van der Waals surface area contributed by atoms with Crippen molar-refractivity contribution in [3.05, 3.63) is 34.2 Å². The zero-order valence-corrected chi connectivity index (χ0v) is 10.9. The molecule has 104 valence electrons. The lowest BCUT2D eigenvalue weighted by Gasteiger charge is -2.31. The molecule has 0 spiro atoms. The second-order valence-electron chi connectivity index (χ2n) is 4.82. The largest absolute Gasteiger partial charge is 0.349 e. The van der Waals surface area contributed by atoms with Gasteiger partial charge in [-0.15, -0.1) is 0 Å². The Hall–Kier alpha value is -1.66. The van der Waals surface area contributed by atoms with Crippen LogP contribution in [0.25, 0.3) is 0 Å². The van der Waals surface area contributed by atoms with Gasteiger partial charge in [-0.25, -0.2) is 0 Å². The van der Waals surface area contributed by atoms with Gasteiger partial charge in [0.25, 0.3) is 5.91 Å². The van der Waals surface area contributed by atoms with Gasteiger partial charge >= 0.3 is 0 Å². The van der Waals surface area contributed by atoms with Crippen LogP contribution >= 0.6 is 0 Å². The first-order chi connectivity index (χ1) is 9.19. The molecule has 1 amide bonds. The molecule has 6 heteroatoms. The highest BCUT2D eigenvalue weighted by atomic mass is 16.2. The van der Waals surface area contributed by atoms with Gasteiger partial charge in [-0.1, -0.05) is 0 Å². The maximum atomic E-state index is 12.0. The Labute approximate surface area is 112 Å². The van der Waals surface area contributed by atoms with Gasteiger partial charge in [0.1, 0.15) is 0 Å². The molecule has 0 aromatic carbocycles. The van der Waals surface area contributed by atoms with E-state index in [1.165, 1.54) is 18.3 Å². The van der Waals surface area contributed by atoms with E-state index in [-0.39, 0.29) is 17.5 Å². The first-order valence-corrected chi connectivity index (χ1v) is 6.61. The van der Waals surface area contributed by atoms with Crippen molar-refractivity contribution in [1.82, 2.24) is 15.2 Å². The predicted octanol–water partition coefficient (Wildman–Crippen LogP) is -0.472. The molecule has 1 aliphatic rings. The van der Waals surface area contributed by atoms with Gasteiger partial charge in [-0.2, -0.15) is 0 Å². The normalized spacial score (nSPS) is 17.3. The lowest BCUT2D eigenvalue weighted by atomic mass is 10.0. The van der Waals surface area contributed by atoms with E-state index in [9.17, 15) is 9.59 Å². The molecule has 2 rings (SSSR count). The van der Waals surface area contributed by atoms with Crippen LogP contribution in [-0.4, -0.2) is 48.0 Å². The van der Waals surface area contributed by atoms with E-state index in [2.05, 4.69) is 15.2 Å². The van der Waals surface area contributed by atoms with E-state index in [1.807, 2.05) is 0 Å².